The summed E-state index contributed by atoms with van der Waals surface area (Å²) in [4.78, 5) is 2.47. The summed E-state index contributed by atoms with van der Waals surface area (Å²) < 4.78 is 0. The second-order valence-electron chi connectivity index (χ2n) is 3.98. The lowest BCUT2D eigenvalue weighted by atomic mass is 9.99. The highest BCUT2D eigenvalue weighted by molar-refractivity contribution is 5.20. The third-order valence-electron chi connectivity index (χ3n) is 2.93. The zero-order chi connectivity index (χ0) is 11.8. The summed E-state index contributed by atoms with van der Waals surface area (Å²) in [6, 6.07) is 10.8. The fourth-order valence-corrected chi connectivity index (χ4v) is 2.20. The molecule has 2 nitrogen and oxygen atoms in total. The second kappa shape index (κ2) is 7.42. The molecular formula is C14H24N2. The van der Waals surface area contributed by atoms with E-state index < -0.39 is 0 Å². The molecule has 1 fully saturated rings. The summed E-state index contributed by atoms with van der Waals surface area (Å²) in [6.07, 6.45) is 1.30. The molecule has 1 aliphatic heterocycles. The first-order valence-electron chi connectivity index (χ1n) is 6.32. The number of rotatable bonds is 3. The smallest absolute Gasteiger partial charge is 0.0478 e. The molecule has 2 heteroatoms. The maximum Gasteiger partial charge on any atom is 0.0478 e. The van der Waals surface area contributed by atoms with Gasteiger partial charge in [0, 0.05) is 19.8 Å². The van der Waals surface area contributed by atoms with Crippen molar-refractivity contribution < 1.29 is 0 Å². The first-order chi connectivity index (χ1) is 7.90. The number of benzene rings is 1. The van der Waals surface area contributed by atoms with Gasteiger partial charge in [-0.25, -0.2) is 0 Å². The minimum atomic E-state index is 0.740. The first-order valence-corrected chi connectivity index (χ1v) is 6.32. The number of likely N-dealkylation sites (tertiary alicyclic amines) is 1. The standard InChI is InChI=1S/C12H18N2.C2H6/c1-13-10-14-8-7-12(9-14)11-5-3-2-4-6-11;1-2/h2-6,12-13H,7-10H2,1H3;1-2H3. The molecule has 0 aromatic heterocycles. The van der Waals surface area contributed by atoms with Gasteiger partial charge in [0.25, 0.3) is 0 Å². The van der Waals surface area contributed by atoms with Gasteiger partial charge in [-0.3, -0.25) is 4.90 Å². The van der Waals surface area contributed by atoms with Crippen molar-refractivity contribution in [1.82, 2.24) is 10.2 Å². The molecule has 0 aliphatic carbocycles. The lowest BCUT2D eigenvalue weighted by Gasteiger charge is -2.15. The second-order valence-corrected chi connectivity index (χ2v) is 3.98. The Labute approximate surface area is 99.7 Å². The first kappa shape index (κ1) is 13.2. The predicted octanol–water partition coefficient (Wildman–Crippen LogP) is 2.68. The van der Waals surface area contributed by atoms with Crippen LogP contribution in [0.15, 0.2) is 30.3 Å². The van der Waals surface area contributed by atoms with Crippen LogP contribution in [0.5, 0.6) is 0 Å². The molecular weight excluding hydrogens is 196 g/mol. The highest BCUT2D eigenvalue weighted by atomic mass is 15.2. The van der Waals surface area contributed by atoms with E-state index in [4.69, 9.17) is 0 Å². The summed E-state index contributed by atoms with van der Waals surface area (Å²) >= 11 is 0. The molecule has 1 N–H and O–H groups in total. The summed E-state index contributed by atoms with van der Waals surface area (Å²) in [7, 11) is 2.01. The predicted molar refractivity (Wildman–Crippen MR) is 70.6 cm³/mol. The van der Waals surface area contributed by atoms with Crippen molar-refractivity contribution >= 4 is 0 Å². The van der Waals surface area contributed by atoms with Crippen LogP contribution in [0.4, 0.5) is 0 Å². The Bertz CT molecular complexity index is 271. The van der Waals surface area contributed by atoms with Crippen molar-refractivity contribution in [2.75, 3.05) is 26.8 Å². The van der Waals surface area contributed by atoms with E-state index in [1.807, 2.05) is 20.9 Å². The molecule has 2 rings (SSSR count). The van der Waals surface area contributed by atoms with E-state index in [0.29, 0.717) is 0 Å². The number of nitrogens with zero attached hydrogens (tertiary/aromatic N) is 1. The summed E-state index contributed by atoms with van der Waals surface area (Å²) in [6.45, 7) is 7.44. The van der Waals surface area contributed by atoms with Crippen LogP contribution in [0.3, 0.4) is 0 Å². The lowest BCUT2D eigenvalue weighted by molar-refractivity contribution is 0.317. The highest BCUT2D eigenvalue weighted by Gasteiger charge is 2.22. The van der Waals surface area contributed by atoms with Gasteiger partial charge < -0.3 is 5.32 Å². The molecule has 0 spiro atoms. The summed E-state index contributed by atoms with van der Waals surface area (Å²) in [5.41, 5.74) is 1.49. The topological polar surface area (TPSA) is 15.3 Å². The fourth-order valence-electron chi connectivity index (χ4n) is 2.20. The van der Waals surface area contributed by atoms with E-state index in [1.54, 1.807) is 0 Å². The zero-order valence-electron chi connectivity index (χ0n) is 10.7. The molecule has 0 amide bonds. The number of nitrogens with one attached hydrogen (secondary N) is 1. The Hall–Kier alpha value is -0.860. The summed E-state index contributed by atoms with van der Waals surface area (Å²) in [5, 5.41) is 3.21. The Morgan fingerprint density at radius 2 is 1.94 bits per heavy atom. The van der Waals surface area contributed by atoms with E-state index >= 15 is 0 Å². The van der Waals surface area contributed by atoms with Gasteiger partial charge >= 0.3 is 0 Å². The van der Waals surface area contributed by atoms with Crippen molar-refractivity contribution in [2.24, 2.45) is 0 Å². The molecule has 90 valence electrons. The molecule has 0 bridgehead atoms. The third kappa shape index (κ3) is 3.62. The maximum atomic E-state index is 3.21. The summed E-state index contributed by atoms with van der Waals surface area (Å²) in [5.74, 6) is 0.740. The molecule has 1 heterocycles. The Morgan fingerprint density at radius 1 is 1.25 bits per heavy atom. The van der Waals surface area contributed by atoms with Gasteiger partial charge in [0.05, 0.1) is 0 Å². The molecule has 1 aromatic rings. The van der Waals surface area contributed by atoms with Gasteiger partial charge in [-0.05, 0) is 24.9 Å². The van der Waals surface area contributed by atoms with Crippen molar-refractivity contribution in [1.29, 1.82) is 0 Å². The minimum absolute atomic E-state index is 0.740. The van der Waals surface area contributed by atoms with E-state index in [9.17, 15) is 0 Å². The van der Waals surface area contributed by atoms with E-state index in [-0.39, 0.29) is 0 Å². The van der Waals surface area contributed by atoms with Crippen LogP contribution in [0.2, 0.25) is 0 Å². The van der Waals surface area contributed by atoms with Crippen molar-refractivity contribution in [2.45, 2.75) is 26.2 Å². The van der Waals surface area contributed by atoms with Crippen LogP contribution in [-0.4, -0.2) is 31.7 Å². The lowest BCUT2D eigenvalue weighted by Crippen LogP contribution is -2.29. The van der Waals surface area contributed by atoms with Gasteiger partial charge in [0.2, 0.25) is 0 Å². The third-order valence-corrected chi connectivity index (χ3v) is 2.93. The van der Waals surface area contributed by atoms with Crippen LogP contribution < -0.4 is 5.32 Å². The molecule has 0 radical (unpaired) electrons. The molecule has 1 aromatic carbocycles. The maximum absolute atomic E-state index is 3.21. The largest absolute Gasteiger partial charge is 0.307 e. The Kier molecular flexibility index (Phi) is 6.12. The number of hydrogen-bond donors (Lipinski definition) is 1. The van der Waals surface area contributed by atoms with Crippen molar-refractivity contribution in [3.8, 4) is 0 Å². The van der Waals surface area contributed by atoms with Crippen LogP contribution in [0.1, 0.15) is 31.7 Å². The average molecular weight is 220 g/mol. The van der Waals surface area contributed by atoms with Crippen LogP contribution in [0, 0.1) is 0 Å². The van der Waals surface area contributed by atoms with Crippen LogP contribution >= 0.6 is 0 Å². The molecule has 16 heavy (non-hydrogen) atoms. The molecule has 1 saturated heterocycles. The van der Waals surface area contributed by atoms with E-state index in [1.165, 1.54) is 25.1 Å². The Morgan fingerprint density at radius 3 is 2.56 bits per heavy atom. The normalized spacial score (nSPS) is 20.3. The number of hydrogen-bond acceptors (Lipinski definition) is 2. The van der Waals surface area contributed by atoms with Crippen molar-refractivity contribution in [3.05, 3.63) is 35.9 Å². The molecule has 1 atom stereocenters. The molecule has 1 unspecified atom stereocenters. The van der Waals surface area contributed by atoms with Gasteiger partial charge in [-0.15, -0.1) is 0 Å². The van der Waals surface area contributed by atoms with E-state index in [0.717, 1.165) is 12.6 Å². The zero-order valence-corrected chi connectivity index (χ0v) is 10.7. The minimum Gasteiger partial charge on any atom is -0.307 e. The van der Waals surface area contributed by atoms with E-state index in [2.05, 4.69) is 40.5 Å². The van der Waals surface area contributed by atoms with Crippen LogP contribution in [0.25, 0.3) is 0 Å². The average Bonchev–Trinajstić information content (AvgIpc) is 2.82. The van der Waals surface area contributed by atoms with Crippen molar-refractivity contribution in [3.63, 3.8) is 0 Å². The highest BCUT2D eigenvalue weighted by Crippen LogP contribution is 2.26. The van der Waals surface area contributed by atoms with Gasteiger partial charge in [-0.1, -0.05) is 44.2 Å². The van der Waals surface area contributed by atoms with Gasteiger partial charge in [-0.2, -0.15) is 0 Å². The van der Waals surface area contributed by atoms with Crippen LogP contribution in [-0.2, 0) is 0 Å². The van der Waals surface area contributed by atoms with Gasteiger partial charge in [0.15, 0.2) is 0 Å². The monoisotopic (exact) mass is 220 g/mol. The van der Waals surface area contributed by atoms with Gasteiger partial charge in [0.1, 0.15) is 0 Å². The Balaban J connectivity index is 0.000000606. The molecule has 1 aliphatic rings. The SMILES string of the molecule is CC.CNCN1CCC(c2ccccc2)C1. The fraction of sp³-hybridized carbons (Fsp3) is 0.571. The molecule has 0 saturated carbocycles. The quantitative estimate of drug-likeness (QED) is 0.842.